The first-order valence-electron chi connectivity index (χ1n) is 4.03. The van der Waals surface area contributed by atoms with Crippen molar-refractivity contribution >= 4 is 22.8 Å². The van der Waals surface area contributed by atoms with Gasteiger partial charge in [0.2, 0.25) is 0 Å². The molecule has 0 aliphatic heterocycles. The quantitative estimate of drug-likeness (QED) is 0.826. The predicted molar refractivity (Wildman–Crippen MR) is 54.3 cm³/mol. The molecule has 2 rings (SSSR count). The van der Waals surface area contributed by atoms with Gasteiger partial charge in [0.05, 0.1) is 5.69 Å². The van der Waals surface area contributed by atoms with E-state index < -0.39 is 5.95 Å². The second-order valence-electron chi connectivity index (χ2n) is 2.79. The largest absolute Gasteiger partial charge is 0.335 e. The van der Waals surface area contributed by atoms with Gasteiger partial charge in [0.15, 0.2) is 5.82 Å². The standard InChI is InChI=1S/C9H8FN3S/c1-6-4-14-5-7(6)13-9-8(10)11-2-3-12-9/h2-5H,1H3,(H,12,13). The third-order valence-electron chi connectivity index (χ3n) is 1.76. The van der Waals surface area contributed by atoms with Crippen LogP contribution in [0.3, 0.4) is 0 Å². The zero-order valence-corrected chi connectivity index (χ0v) is 8.31. The number of hydrogen-bond acceptors (Lipinski definition) is 4. The van der Waals surface area contributed by atoms with Crippen molar-refractivity contribution in [3.63, 3.8) is 0 Å². The van der Waals surface area contributed by atoms with Crippen molar-refractivity contribution < 1.29 is 4.39 Å². The Balaban J connectivity index is 2.28. The SMILES string of the molecule is Cc1cscc1Nc1nccnc1F. The molecule has 2 aromatic heterocycles. The maximum atomic E-state index is 13.1. The van der Waals surface area contributed by atoms with Gasteiger partial charge in [0, 0.05) is 17.8 Å². The lowest BCUT2D eigenvalue weighted by Crippen LogP contribution is -1.98. The van der Waals surface area contributed by atoms with E-state index in [0.29, 0.717) is 0 Å². The molecular weight excluding hydrogens is 201 g/mol. The van der Waals surface area contributed by atoms with Gasteiger partial charge in [-0.1, -0.05) is 0 Å². The van der Waals surface area contributed by atoms with Crippen LogP contribution in [0.4, 0.5) is 15.9 Å². The molecule has 0 aromatic carbocycles. The first-order valence-corrected chi connectivity index (χ1v) is 4.98. The van der Waals surface area contributed by atoms with Crippen LogP contribution in [0.1, 0.15) is 5.56 Å². The van der Waals surface area contributed by atoms with E-state index in [1.54, 1.807) is 11.3 Å². The maximum absolute atomic E-state index is 13.1. The van der Waals surface area contributed by atoms with Gasteiger partial charge in [-0.2, -0.15) is 4.39 Å². The van der Waals surface area contributed by atoms with Gasteiger partial charge in [0.25, 0.3) is 5.95 Å². The van der Waals surface area contributed by atoms with Crippen molar-refractivity contribution in [2.45, 2.75) is 6.92 Å². The van der Waals surface area contributed by atoms with Gasteiger partial charge < -0.3 is 5.32 Å². The third kappa shape index (κ3) is 1.72. The predicted octanol–water partition coefficient (Wildman–Crippen LogP) is 2.73. The minimum atomic E-state index is -0.585. The first kappa shape index (κ1) is 9.08. The van der Waals surface area contributed by atoms with Crippen LogP contribution in [0.25, 0.3) is 0 Å². The Bertz CT molecular complexity index is 441. The van der Waals surface area contributed by atoms with E-state index in [-0.39, 0.29) is 5.82 Å². The highest BCUT2D eigenvalue weighted by atomic mass is 32.1. The molecule has 14 heavy (non-hydrogen) atoms. The summed E-state index contributed by atoms with van der Waals surface area (Å²) in [6.45, 7) is 1.95. The number of thiophene rings is 1. The molecule has 0 fully saturated rings. The smallest absolute Gasteiger partial charge is 0.255 e. The molecule has 72 valence electrons. The summed E-state index contributed by atoms with van der Waals surface area (Å²) in [7, 11) is 0. The summed E-state index contributed by atoms with van der Waals surface area (Å²) in [5, 5.41) is 6.77. The molecule has 0 bridgehead atoms. The highest BCUT2D eigenvalue weighted by Gasteiger charge is 2.05. The summed E-state index contributed by atoms with van der Waals surface area (Å²) in [4.78, 5) is 7.35. The Labute approximate surface area is 84.6 Å². The Morgan fingerprint density at radius 2 is 2.07 bits per heavy atom. The van der Waals surface area contributed by atoms with Crippen molar-refractivity contribution in [3.8, 4) is 0 Å². The van der Waals surface area contributed by atoms with Crippen LogP contribution < -0.4 is 5.32 Å². The van der Waals surface area contributed by atoms with Crippen LogP contribution in [0, 0.1) is 12.9 Å². The number of halogens is 1. The lowest BCUT2D eigenvalue weighted by Gasteiger charge is -2.03. The fourth-order valence-electron chi connectivity index (χ4n) is 1.02. The zero-order valence-electron chi connectivity index (χ0n) is 7.49. The molecule has 0 amide bonds. The Hall–Kier alpha value is -1.49. The number of nitrogens with one attached hydrogen (secondary N) is 1. The van der Waals surface area contributed by atoms with Crippen LogP contribution in [0.2, 0.25) is 0 Å². The minimum absolute atomic E-state index is 0.161. The van der Waals surface area contributed by atoms with Gasteiger partial charge in [-0.25, -0.2) is 9.97 Å². The second-order valence-corrected chi connectivity index (χ2v) is 3.53. The van der Waals surface area contributed by atoms with E-state index in [2.05, 4.69) is 15.3 Å². The Morgan fingerprint density at radius 3 is 2.71 bits per heavy atom. The molecule has 0 spiro atoms. The number of aryl methyl sites for hydroxylation is 1. The maximum Gasteiger partial charge on any atom is 0.255 e. The second kappa shape index (κ2) is 3.71. The summed E-state index contributed by atoms with van der Waals surface area (Å²) >= 11 is 1.56. The highest BCUT2D eigenvalue weighted by molar-refractivity contribution is 7.08. The topological polar surface area (TPSA) is 37.8 Å². The van der Waals surface area contributed by atoms with Gasteiger partial charge in [0.1, 0.15) is 0 Å². The van der Waals surface area contributed by atoms with Crippen molar-refractivity contribution in [1.29, 1.82) is 0 Å². The van der Waals surface area contributed by atoms with E-state index in [1.807, 2.05) is 17.7 Å². The summed E-state index contributed by atoms with van der Waals surface area (Å²) in [6, 6.07) is 0. The lowest BCUT2D eigenvalue weighted by atomic mass is 10.3. The van der Waals surface area contributed by atoms with Crippen molar-refractivity contribution in [1.82, 2.24) is 9.97 Å². The van der Waals surface area contributed by atoms with Gasteiger partial charge in [-0.05, 0) is 17.9 Å². The molecule has 0 atom stereocenters. The molecule has 2 heterocycles. The van der Waals surface area contributed by atoms with Gasteiger partial charge in [-0.15, -0.1) is 11.3 Å². The number of rotatable bonds is 2. The summed E-state index contributed by atoms with van der Waals surface area (Å²) in [5.74, 6) is -0.424. The summed E-state index contributed by atoms with van der Waals surface area (Å²) in [6.07, 6.45) is 2.77. The fraction of sp³-hybridized carbons (Fsp3) is 0.111. The number of nitrogens with zero attached hydrogens (tertiary/aromatic N) is 2. The van der Waals surface area contributed by atoms with E-state index in [0.717, 1.165) is 11.3 Å². The highest BCUT2D eigenvalue weighted by Crippen LogP contribution is 2.23. The van der Waals surface area contributed by atoms with Crippen molar-refractivity contribution in [3.05, 3.63) is 34.7 Å². The molecule has 0 saturated carbocycles. The van der Waals surface area contributed by atoms with E-state index >= 15 is 0 Å². The van der Waals surface area contributed by atoms with Crippen molar-refractivity contribution in [2.24, 2.45) is 0 Å². The van der Waals surface area contributed by atoms with Crippen LogP contribution >= 0.6 is 11.3 Å². The Morgan fingerprint density at radius 1 is 1.29 bits per heavy atom. The third-order valence-corrected chi connectivity index (χ3v) is 2.62. The normalized spacial score (nSPS) is 10.1. The van der Waals surface area contributed by atoms with Crippen LogP contribution in [0.15, 0.2) is 23.2 Å². The van der Waals surface area contributed by atoms with E-state index in [4.69, 9.17) is 0 Å². The van der Waals surface area contributed by atoms with E-state index in [9.17, 15) is 4.39 Å². The van der Waals surface area contributed by atoms with E-state index in [1.165, 1.54) is 12.4 Å². The number of anilines is 2. The molecule has 0 aliphatic carbocycles. The molecule has 2 aromatic rings. The van der Waals surface area contributed by atoms with Crippen molar-refractivity contribution in [2.75, 3.05) is 5.32 Å². The first-order chi connectivity index (χ1) is 6.77. The molecular formula is C9H8FN3S. The fourth-order valence-corrected chi connectivity index (χ4v) is 1.80. The number of aromatic nitrogens is 2. The molecule has 3 nitrogen and oxygen atoms in total. The zero-order chi connectivity index (χ0) is 9.97. The van der Waals surface area contributed by atoms with Crippen LogP contribution in [-0.2, 0) is 0 Å². The average Bonchev–Trinajstić information content (AvgIpc) is 2.56. The number of hydrogen-bond donors (Lipinski definition) is 1. The van der Waals surface area contributed by atoms with Gasteiger partial charge >= 0.3 is 0 Å². The summed E-state index contributed by atoms with van der Waals surface area (Å²) < 4.78 is 13.1. The average molecular weight is 209 g/mol. The Kier molecular flexibility index (Phi) is 2.41. The van der Waals surface area contributed by atoms with Crippen LogP contribution in [0.5, 0.6) is 0 Å². The molecule has 0 aliphatic rings. The molecule has 0 unspecified atom stereocenters. The minimum Gasteiger partial charge on any atom is -0.335 e. The molecule has 5 heteroatoms. The summed E-state index contributed by atoms with van der Waals surface area (Å²) in [5.41, 5.74) is 1.94. The van der Waals surface area contributed by atoms with Crippen LogP contribution in [-0.4, -0.2) is 9.97 Å². The molecule has 0 saturated heterocycles. The molecule has 1 N–H and O–H groups in total. The monoisotopic (exact) mass is 209 g/mol. The lowest BCUT2D eigenvalue weighted by molar-refractivity contribution is 0.582. The molecule has 0 radical (unpaired) electrons. The van der Waals surface area contributed by atoms with Gasteiger partial charge in [-0.3, -0.25) is 0 Å².